The van der Waals surface area contributed by atoms with Gasteiger partial charge in [0.05, 0.1) is 11.4 Å². The van der Waals surface area contributed by atoms with Gasteiger partial charge in [-0.1, -0.05) is 78.9 Å². The van der Waals surface area contributed by atoms with Gasteiger partial charge in [-0.2, -0.15) is 4.98 Å². The van der Waals surface area contributed by atoms with Crippen molar-refractivity contribution < 1.29 is 14.6 Å². The minimum Gasteiger partial charge on any atom is -0.478 e. The molecule has 150 valence electrons. The van der Waals surface area contributed by atoms with E-state index in [9.17, 15) is 9.90 Å². The number of rotatable bonds is 6. The number of aliphatic carboxylic acids is 1. The van der Waals surface area contributed by atoms with Crippen LogP contribution in [0.5, 0.6) is 6.01 Å². The Balaban J connectivity index is 2.04. The number of carbonyl (C=O) groups is 1. The number of carboxylic acid groups (broad SMARTS) is 1. The molecule has 0 bridgehead atoms. The summed E-state index contributed by atoms with van der Waals surface area (Å²) in [4.78, 5) is 16.5. The van der Waals surface area contributed by atoms with Crippen molar-refractivity contribution in [2.45, 2.75) is 19.4 Å². The van der Waals surface area contributed by atoms with Crippen LogP contribution in [0.4, 0.5) is 0 Å². The second-order valence-corrected chi connectivity index (χ2v) is 7.41. The highest BCUT2D eigenvalue weighted by Gasteiger charge is 2.33. The monoisotopic (exact) mass is 398 g/mol. The van der Waals surface area contributed by atoms with E-state index in [0.29, 0.717) is 0 Å². The molecule has 1 heterocycles. The molecule has 1 N–H and O–H groups in total. The lowest BCUT2D eigenvalue weighted by molar-refractivity contribution is -0.152. The first-order chi connectivity index (χ1) is 14.5. The number of para-hydroxylation sites is 1. The summed E-state index contributed by atoms with van der Waals surface area (Å²) in [6.07, 6.45) is 0. The Morgan fingerprint density at radius 2 is 1.33 bits per heavy atom. The summed E-state index contributed by atoms with van der Waals surface area (Å²) in [5, 5.41) is 9.61. The Morgan fingerprint density at radius 3 is 1.87 bits per heavy atom. The van der Waals surface area contributed by atoms with Crippen LogP contribution in [-0.2, 0) is 4.79 Å². The zero-order valence-electron chi connectivity index (χ0n) is 16.8. The molecule has 0 spiro atoms. The molecular weight excluding hydrogens is 376 g/mol. The fourth-order valence-electron chi connectivity index (χ4n) is 3.22. The van der Waals surface area contributed by atoms with E-state index in [4.69, 9.17) is 9.72 Å². The molecule has 0 saturated heterocycles. The van der Waals surface area contributed by atoms with Crippen LogP contribution in [0, 0.1) is 0 Å². The van der Waals surface area contributed by atoms with Crippen molar-refractivity contribution in [3.05, 3.63) is 91.0 Å². The number of aromatic nitrogens is 2. The summed E-state index contributed by atoms with van der Waals surface area (Å²) in [6, 6.07) is 29.6. The number of hydrogen-bond acceptors (Lipinski definition) is 3. The number of hydrogen-bond donors (Lipinski definition) is 1. The van der Waals surface area contributed by atoms with Gasteiger partial charge in [-0.25, -0.2) is 4.79 Å². The summed E-state index contributed by atoms with van der Waals surface area (Å²) in [5.74, 6) is -1.06. The van der Waals surface area contributed by atoms with Gasteiger partial charge in [0.25, 0.3) is 0 Å². The molecular formula is C25H22N2O3. The Kier molecular flexibility index (Phi) is 5.11. The van der Waals surface area contributed by atoms with Crippen LogP contribution in [0.25, 0.3) is 28.2 Å². The predicted molar refractivity (Wildman–Crippen MR) is 117 cm³/mol. The maximum Gasteiger partial charge on any atom is 0.347 e. The molecule has 5 nitrogen and oxygen atoms in total. The first-order valence-electron chi connectivity index (χ1n) is 9.69. The zero-order chi connectivity index (χ0) is 21.1. The summed E-state index contributed by atoms with van der Waals surface area (Å²) >= 11 is 0. The summed E-state index contributed by atoms with van der Waals surface area (Å²) in [6.45, 7) is 3.04. The van der Waals surface area contributed by atoms with Gasteiger partial charge < -0.3 is 9.84 Å². The fourth-order valence-corrected chi connectivity index (χ4v) is 3.22. The summed E-state index contributed by atoms with van der Waals surface area (Å²) in [7, 11) is 0. The van der Waals surface area contributed by atoms with E-state index >= 15 is 0 Å². The highest BCUT2D eigenvalue weighted by molar-refractivity contribution is 5.81. The third kappa shape index (κ3) is 3.70. The van der Waals surface area contributed by atoms with E-state index in [1.165, 1.54) is 13.8 Å². The molecule has 0 aliphatic rings. The smallest absolute Gasteiger partial charge is 0.347 e. The van der Waals surface area contributed by atoms with Gasteiger partial charge >= 0.3 is 12.0 Å². The highest BCUT2D eigenvalue weighted by atomic mass is 16.5. The van der Waals surface area contributed by atoms with Crippen molar-refractivity contribution in [2.75, 3.05) is 0 Å². The largest absolute Gasteiger partial charge is 0.478 e. The quantitative estimate of drug-likeness (QED) is 0.469. The number of nitrogens with zero attached hydrogens (tertiary/aromatic N) is 2. The van der Waals surface area contributed by atoms with Gasteiger partial charge in [-0.15, -0.1) is 0 Å². The van der Waals surface area contributed by atoms with Crippen molar-refractivity contribution in [1.29, 1.82) is 0 Å². The van der Waals surface area contributed by atoms with Crippen LogP contribution in [0.2, 0.25) is 0 Å². The minimum atomic E-state index is -1.44. The number of carboxylic acids is 1. The van der Waals surface area contributed by atoms with E-state index in [0.717, 1.165) is 28.2 Å². The second kappa shape index (κ2) is 7.87. The number of ether oxygens (including phenoxy) is 1. The lowest BCUT2D eigenvalue weighted by Crippen LogP contribution is -2.38. The predicted octanol–water partition coefficient (Wildman–Crippen LogP) is 5.45. The van der Waals surface area contributed by atoms with Crippen molar-refractivity contribution in [1.82, 2.24) is 9.55 Å². The molecule has 0 aliphatic carbocycles. The molecule has 0 saturated carbocycles. The van der Waals surface area contributed by atoms with E-state index in [1.54, 1.807) is 0 Å². The van der Waals surface area contributed by atoms with Crippen molar-refractivity contribution in [3.63, 3.8) is 0 Å². The molecule has 3 aromatic carbocycles. The lowest BCUT2D eigenvalue weighted by Gasteiger charge is -2.22. The molecule has 1 aromatic heterocycles. The minimum absolute atomic E-state index is 0.228. The Bertz CT molecular complexity index is 1150. The van der Waals surface area contributed by atoms with E-state index in [-0.39, 0.29) is 6.01 Å². The van der Waals surface area contributed by atoms with Crippen molar-refractivity contribution in [3.8, 4) is 34.2 Å². The molecule has 4 aromatic rings. The lowest BCUT2D eigenvalue weighted by atomic mass is 10.0. The SMILES string of the molecule is CC(C)(Oc1nc(-c2ccccc2)c(-c2ccccc2)n1-c1ccccc1)C(=O)O. The molecule has 0 radical (unpaired) electrons. The van der Waals surface area contributed by atoms with Gasteiger partial charge in [0, 0.05) is 11.1 Å². The third-order valence-electron chi connectivity index (χ3n) is 4.82. The van der Waals surface area contributed by atoms with Gasteiger partial charge in [-0.3, -0.25) is 4.57 Å². The van der Waals surface area contributed by atoms with Gasteiger partial charge in [0.1, 0.15) is 5.69 Å². The van der Waals surface area contributed by atoms with Crippen LogP contribution in [0.15, 0.2) is 91.0 Å². The Labute approximate surface area is 175 Å². The van der Waals surface area contributed by atoms with Crippen LogP contribution >= 0.6 is 0 Å². The summed E-state index contributed by atoms with van der Waals surface area (Å²) < 4.78 is 7.84. The van der Waals surface area contributed by atoms with Gasteiger partial charge in [0.2, 0.25) is 5.60 Å². The first-order valence-corrected chi connectivity index (χ1v) is 9.69. The van der Waals surface area contributed by atoms with Crippen LogP contribution < -0.4 is 4.74 Å². The van der Waals surface area contributed by atoms with Gasteiger partial charge in [0.15, 0.2) is 0 Å². The Hall–Kier alpha value is -3.86. The molecule has 0 aliphatic heterocycles. The summed E-state index contributed by atoms with van der Waals surface area (Å²) in [5.41, 5.74) is 2.83. The second-order valence-electron chi connectivity index (χ2n) is 7.41. The average Bonchev–Trinajstić information content (AvgIpc) is 3.14. The highest BCUT2D eigenvalue weighted by Crippen LogP contribution is 2.38. The fraction of sp³-hybridized carbons (Fsp3) is 0.120. The van der Waals surface area contributed by atoms with Crippen LogP contribution in [0.1, 0.15) is 13.8 Å². The third-order valence-corrected chi connectivity index (χ3v) is 4.82. The van der Waals surface area contributed by atoms with E-state index < -0.39 is 11.6 Å². The normalized spacial score (nSPS) is 11.3. The number of imidazole rings is 1. The van der Waals surface area contributed by atoms with Gasteiger partial charge in [-0.05, 0) is 26.0 Å². The average molecular weight is 398 g/mol. The molecule has 0 atom stereocenters. The van der Waals surface area contributed by atoms with Crippen LogP contribution in [0.3, 0.4) is 0 Å². The van der Waals surface area contributed by atoms with Crippen molar-refractivity contribution >= 4 is 5.97 Å². The molecule has 5 heteroatoms. The zero-order valence-corrected chi connectivity index (χ0v) is 16.8. The molecule has 0 unspecified atom stereocenters. The maximum absolute atomic E-state index is 11.7. The maximum atomic E-state index is 11.7. The Morgan fingerprint density at radius 1 is 0.833 bits per heavy atom. The van der Waals surface area contributed by atoms with E-state index in [1.807, 2.05) is 95.6 Å². The van der Waals surface area contributed by atoms with Crippen molar-refractivity contribution in [2.24, 2.45) is 0 Å². The molecule has 0 amide bonds. The number of benzene rings is 3. The topological polar surface area (TPSA) is 64.4 Å². The first kappa shape index (κ1) is 19.5. The van der Waals surface area contributed by atoms with E-state index in [2.05, 4.69) is 0 Å². The standard InChI is InChI=1S/C25H22N2O3/c1-25(2,23(28)29)30-24-26-21(18-12-6-3-7-13-18)22(19-14-8-4-9-15-19)27(24)20-16-10-5-11-17-20/h3-17H,1-2H3,(H,28,29). The molecule has 30 heavy (non-hydrogen) atoms. The molecule has 4 rings (SSSR count). The van der Waals surface area contributed by atoms with Crippen LogP contribution in [-0.4, -0.2) is 26.2 Å². The molecule has 0 fully saturated rings.